The molecule has 3 aromatic carbocycles. The quantitative estimate of drug-likeness (QED) is 0.262. The molecule has 28 heavy (non-hydrogen) atoms. The summed E-state index contributed by atoms with van der Waals surface area (Å²) in [4.78, 5) is 1.26. The van der Waals surface area contributed by atoms with Crippen LogP contribution in [-0.2, 0) is 0 Å². The van der Waals surface area contributed by atoms with Crippen LogP contribution in [0.4, 0.5) is 0 Å². The van der Waals surface area contributed by atoms with E-state index < -0.39 is 0 Å². The van der Waals surface area contributed by atoms with Crippen molar-refractivity contribution in [2.24, 2.45) is 0 Å². The summed E-state index contributed by atoms with van der Waals surface area (Å²) in [6.07, 6.45) is 1.94. The van der Waals surface area contributed by atoms with Crippen LogP contribution < -0.4 is 9.47 Å². The van der Waals surface area contributed by atoms with Gasteiger partial charge in [-0.2, -0.15) is 0 Å². The van der Waals surface area contributed by atoms with Gasteiger partial charge in [0.15, 0.2) is 0 Å². The molecular weight excluding hydrogens is 432 g/mol. The maximum absolute atomic E-state index is 6.29. The molecular formula is C24H23BrO2S. The van der Waals surface area contributed by atoms with Crippen LogP contribution in [0, 0.1) is 0 Å². The van der Waals surface area contributed by atoms with E-state index in [1.54, 1.807) is 11.3 Å². The Balaban J connectivity index is 2.05. The van der Waals surface area contributed by atoms with Crippen LogP contribution in [0.3, 0.4) is 0 Å². The Morgan fingerprint density at radius 2 is 1.43 bits per heavy atom. The highest BCUT2D eigenvalue weighted by Crippen LogP contribution is 2.45. The highest BCUT2D eigenvalue weighted by atomic mass is 79.9. The van der Waals surface area contributed by atoms with Crippen LogP contribution in [0.2, 0.25) is 0 Å². The Bertz CT molecular complexity index is 1100. The first-order chi connectivity index (χ1) is 13.7. The molecule has 0 amide bonds. The fourth-order valence-corrected chi connectivity index (χ4v) is 4.52. The molecule has 0 aliphatic rings. The van der Waals surface area contributed by atoms with E-state index in [0.717, 1.165) is 50.4 Å². The summed E-state index contributed by atoms with van der Waals surface area (Å²) >= 11 is 5.37. The highest BCUT2D eigenvalue weighted by molar-refractivity contribution is 9.10. The summed E-state index contributed by atoms with van der Waals surface area (Å²) in [5, 5.41) is 6.51. The lowest BCUT2D eigenvalue weighted by Crippen LogP contribution is -2.01. The Hall–Kier alpha value is -2.04. The van der Waals surface area contributed by atoms with Crippen LogP contribution in [0.1, 0.15) is 26.7 Å². The first-order valence-corrected chi connectivity index (χ1v) is 11.4. The molecule has 0 bridgehead atoms. The molecule has 0 radical (unpaired) electrons. The van der Waals surface area contributed by atoms with Gasteiger partial charge in [0, 0.05) is 30.9 Å². The van der Waals surface area contributed by atoms with Gasteiger partial charge in [0.1, 0.15) is 11.5 Å². The number of hydrogen-bond acceptors (Lipinski definition) is 3. The van der Waals surface area contributed by atoms with E-state index in [1.165, 1.54) is 10.4 Å². The number of ether oxygens (including phenoxy) is 2. The van der Waals surface area contributed by atoms with Crippen molar-refractivity contribution in [3.8, 4) is 21.9 Å². The van der Waals surface area contributed by atoms with Gasteiger partial charge in [0.05, 0.1) is 13.2 Å². The topological polar surface area (TPSA) is 18.5 Å². The monoisotopic (exact) mass is 454 g/mol. The van der Waals surface area contributed by atoms with Gasteiger partial charge in [-0.05, 0) is 60.2 Å². The standard InChI is InChI=1S/C24H23BrO2S/c1-3-11-26-23-19-10-8-17(25)15-21(19)24(27-12-4-2)18-9-7-16(14-20(18)23)22-6-5-13-28-22/h5-10,13-15H,3-4,11-12H2,1-2H3. The zero-order chi connectivity index (χ0) is 19.5. The number of hydrogen-bond donors (Lipinski definition) is 0. The second-order valence-electron chi connectivity index (χ2n) is 6.78. The molecule has 4 aromatic rings. The van der Waals surface area contributed by atoms with E-state index in [4.69, 9.17) is 9.47 Å². The van der Waals surface area contributed by atoms with Gasteiger partial charge in [-0.15, -0.1) is 11.3 Å². The fourth-order valence-electron chi connectivity index (χ4n) is 3.44. The van der Waals surface area contributed by atoms with Crippen LogP contribution >= 0.6 is 27.3 Å². The van der Waals surface area contributed by atoms with Crippen LogP contribution in [0.25, 0.3) is 32.0 Å². The molecule has 0 saturated heterocycles. The van der Waals surface area contributed by atoms with Crippen molar-refractivity contribution in [1.82, 2.24) is 0 Å². The molecule has 0 aliphatic heterocycles. The molecule has 0 unspecified atom stereocenters. The largest absolute Gasteiger partial charge is 0.492 e. The van der Waals surface area contributed by atoms with Crippen LogP contribution in [-0.4, -0.2) is 13.2 Å². The van der Waals surface area contributed by atoms with E-state index in [2.05, 4.69) is 83.7 Å². The fraction of sp³-hybridized carbons (Fsp3) is 0.250. The summed E-state index contributed by atoms with van der Waals surface area (Å²) in [5.74, 6) is 1.89. The maximum Gasteiger partial charge on any atom is 0.135 e. The Morgan fingerprint density at radius 1 is 0.786 bits per heavy atom. The minimum absolute atomic E-state index is 0.693. The van der Waals surface area contributed by atoms with Crippen molar-refractivity contribution < 1.29 is 9.47 Å². The van der Waals surface area contributed by atoms with Gasteiger partial charge in [0.25, 0.3) is 0 Å². The predicted octanol–water partition coefficient (Wildman–Crippen LogP) is 8.06. The van der Waals surface area contributed by atoms with E-state index >= 15 is 0 Å². The van der Waals surface area contributed by atoms with E-state index in [1.807, 2.05) is 0 Å². The van der Waals surface area contributed by atoms with Gasteiger partial charge < -0.3 is 9.47 Å². The average Bonchev–Trinajstić information content (AvgIpc) is 3.25. The number of halogens is 1. The predicted molar refractivity (Wildman–Crippen MR) is 124 cm³/mol. The number of thiophene rings is 1. The lowest BCUT2D eigenvalue weighted by Gasteiger charge is -2.18. The highest BCUT2D eigenvalue weighted by Gasteiger charge is 2.17. The molecule has 0 atom stereocenters. The van der Waals surface area contributed by atoms with Crippen molar-refractivity contribution in [2.75, 3.05) is 13.2 Å². The molecule has 1 heterocycles. The average molecular weight is 455 g/mol. The Morgan fingerprint density at radius 3 is 2.04 bits per heavy atom. The summed E-state index contributed by atoms with van der Waals surface area (Å²) in [5.41, 5.74) is 1.21. The third-order valence-corrected chi connectivity index (χ3v) is 6.10. The van der Waals surface area contributed by atoms with Gasteiger partial charge >= 0.3 is 0 Å². The van der Waals surface area contributed by atoms with Crippen molar-refractivity contribution in [3.05, 3.63) is 58.4 Å². The zero-order valence-electron chi connectivity index (χ0n) is 16.1. The molecule has 4 rings (SSSR count). The van der Waals surface area contributed by atoms with Gasteiger partial charge in [-0.25, -0.2) is 0 Å². The molecule has 1 aromatic heterocycles. The number of fused-ring (bicyclic) bond motifs is 2. The first kappa shape index (κ1) is 19.3. The second-order valence-corrected chi connectivity index (χ2v) is 8.65. The Labute approximate surface area is 178 Å². The van der Waals surface area contributed by atoms with E-state index in [-0.39, 0.29) is 0 Å². The third-order valence-electron chi connectivity index (χ3n) is 4.69. The third kappa shape index (κ3) is 3.63. The minimum Gasteiger partial charge on any atom is -0.492 e. The van der Waals surface area contributed by atoms with Crippen LogP contribution in [0.15, 0.2) is 58.4 Å². The SMILES string of the molecule is CCCOc1c2ccc(-c3cccs3)cc2c(OCCC)c2ccc(Br)cc12. The maximum atomic E-state index is 6.29. The lowest BCUT2D eigenvalue weighted by molar-refractivity contribution is 0.319. The number of rotatable bonds is 7. The smallest absolute Gasteiger partial charge is 0.135 e. The summed E-state index contributed by atoms with van der Waals surface area (Å²) < 4.78 is 13.6. The normalized spacial score (nSPS) is 11.2. The zero-order valence-corrected chi connectivity index (χ0v) is 18.5. The first-order valence-electron chi connectivity index (χ1n) is 9.71. The molecule has 2 nitrogen and oxygen atoms in total. The van der Waals surface area contributed by atoms with Crippen molar-refractivity contribution in [3.63, 3.8) is 0 Å². The van der Waals surface area contributed by atoms with Crippen molar-refractivity contribution in [1.29, 1.82) is 0 Å². The summed E-state index contributed by atoms with van der Waals surface area (Å²) in [6.45, 7) is 5.65. The molecule has 0 spiro atoms. The van der Waals surface area contributed by atoms with E-state index in [0.29, 0.717) is 13.2 Å². The van der Waals surface area contributed by atoms with Crippen molar-refractivity contribution in [2.45, 2.75) is 26.7 Å². The van der Waals surface area contributed by atoms with Gasteiger partial charge in [-0.1, -0.05) is 41.9 Å². The van der Waals surface area contributed by atoms with Gasteiger partial charge in [-0.3, -0.25) is 0 Å². The molecule has 144 valence electrons. The lowest BCUT2D eigenvalue weighted by atomic mass is 9.98. The number of benzene rings is 3. The second kappa shape index (κ2) is 8.54. The summed E-state index contributed by atoms with van der Waals surface area (Å²) in [6, 6.07) is 17.2. The van der Waals surface area contributed by atoms with Gasteiger partial charge in [0.2, 0.25) is 0 Å². The van der Waals surface area contributed by atoms with E-state index in [9.17, 15) is 0 Å². The Kier molecular flexibility index (Phi) is 5.88. The molecule has 0 saturated carbocycles. The van der Waals surface area contributed by atoms with Crippen molar-refractivity contribution >= 4 is 48.8 Å². The molecule has 0 aliphatic carbocycles. The molecule has 0 N–H and O–H groups in total. The molecule has 0 fully saturated rings. The minimum atomic E-state index is 0.693. The molecule has 4 heteroatoms. The summed E-state index contributed by atoms with van der Waals surface area (Å²) in [7, 11) is 0. The van der Waals surface area contributed by atoms with Crippen LogP contribution in [0.5, 0.6) is 11.5 Å².